The number of hydrogen-bond donors (Lipinski definition) is 1. The van der Waals surface area contributed by atoms with Gasteiger partial charge in [0.1, 0.15) is 12.4 Å². The van der Waals surface area contributed by atoms with Crippen LogP contribution < -0.4 is 10.5 Å². The lowest BCUT2D eigenvalue weighted by atomic mass is 10.1. The zero-order valence-corrected chi connectivity index (χ0v) is 10.7. The Morgan fingerprint density at radius 1 is 1.22 bits per heavy atom. The van der Waals surface area contributed by atoms with Gasteiger partial charge in [-0.15, -0.1) is 0 Å². The van der Waals surface area contributed by atoms with Crippen molar-refractivity contribution in [3.05, 3.63) is 59.4 Å². The van der Waals surface area contributed by atoms with Gasteiger partial charge in [0.25, 0.3) is 0 Å². The Labute approximate surface area is 112 Å². The van der Waals surface area contributed by atoms with Crippen LogP contribution in [0.5, 0.6) is 5.75 Å². The summed E-state index contributed by atoms with van der Waals surface area (Å²) in [5.74, 6) is 0.735. The molecular weight excluding hydrogens is 248 g/mol. The van der Waals surface area contributed by atoms with Gasteiger partial charge in [-0.05, 0) is 30.3 Å². The van der Waals surface area contributed by atoms with Crippen LogP contribution in [0.1, 0.15) is 5.69 Å². The number of aromatic nitrogens is 1. The molecular formula is C14H15ClN2O. The summed E-state index contributed by atoms with van der Waals surface area (Å²) < 4.78 is 5.58. The zero-order chi connectivity index (χ0) is 12.8. The van der Waals surface area contributed by atoms with Crippen molar-refractivity contribution in [1.29, 1.82) is 0 Å². The molecule has 18 heavy (non-hydrogen) atoms. The fraction of sp³-hybridized carbons (Fsp3) is 0.214. The minimum absolute atomic E-state index is 0.0844. The third-order valence-electron chi connectivity index (χ3n) is 2.46. The molecule has 0 amide bonds. The molecule has 94 valence electrons. The molecule has 1 atom stereocenters. The van der Waals surface area contributed by atoms with E-state index in [1.807, 2.05) is 36.4 Å². The van der Waals surface area contributed by atoms with Crippen LogP contribution >= 0.6 is 11.6 Å². The Hall–Kier alpha value is -1.58. The Morgan fingerprint density at radius 2 is 2.11 bits per heavy atom. The molecule has 2 rings (SSSR count). The number of pyridine rings is 1. The average Bonchev–Trinajstić information content (AvgIpc) is 2.38. The second kappa shape index (κ2) is 6.38. The quantitative estimate of drug-likeness (QED) is 0.901. The molecule has 1 aromatic carbocycles. The third-order valence-corrected chi connectivity index (χ3v) is 2.69. The summed E-state index contributed by atoms with van der Waals surface area (Å²) in [5.41, 5.74) is 6.97. The molecule has 0 aliphatic carbocycles. The van der Waals surface area contributed by atoms with E-state index in [4.69, 9.17) is 22.1 Å². The van der Waals surface area contributed by atoms with E-state index in [1.54, 1.807) is 12.3 Å². The maximum Gasteiger partial charge on any atom is 0.120 e. The molecule has 2 N–H and O–H groups in total. The van der Waals surface area contributed by atoms with E-state index in [-0.39, 0.29) is 6.04 Å². The number of benzene rings is 1. The summed E-state index contributed by atoms with van der Waals surface area (Å²) in [4.78, 5) is 4.23. The Bertz CT molecular complexity index is 490. The Balaban J connectivity index is 1.83. The van der Waals surface area contributed by atoms with Crippen LogP contribution in [0, 0.1) is 0 Å². The first-order chi connectivity index (χ1) is 8.74. The molecule has 0 saturated heterocycles. The fourth-order valence-electron chi connectivity index (χ4n) is 1.61. The fourth-order valence-corrected chi connectivity index (χ4v) is 1.79. The monoisotopic (exact) mass is 262 g/mol. The molecule has 1 unspecified atom stereocenters. The van der Waals surface area contributed by atoms with Gasteiger partial charge in [-0.25, -0.2) is 0 Å². The Morgan fingerprint density at radius 3 is 2.83 bits per heavy atom. The second-order valence-electron chi connectivity index (χ2n) is 4.05. The standard InChI is InChI=1S/C14H15ClN2O/c15-11-4-3-6-14(8-11)18-10-12(16)9-13-5-1-2-7-17-13/h1-8,12H,9-10,16H2. The lowest BCUT2D eigenvalue weighted by Crippen LogP contribution is -2.30. The van der Waals surface area contributed by atoms with E-state index in [2.05, 4.69) is 4.98 Å². The van der Waals surface area contributed by atoms with Gasteiger partial charge in [0.15, 0.2) is 0 Å². The van der Waals surface area contributed by atoms with Gasteiger partial charge in [0.2, 0.25) is 0 Å². The lowest BCUT2D eigenvalue weighted by Gasteiger charge is -2.12. The van der Waals surface area contributed by atoms with Crippen LogP contribution in [0.25, 0.3) is 0 Å². The van der Waals surface area contributed by atoms with Gasteiger partial charge < -0.3 is 10.5 Å². The van der Waals surface area contributed by atoms with Gasteiger partial charge in [-0.1, -0.05) is 23.7 Å². The molecule has 0 spiro atoms. The summed E-state index contributed by atoms with van der Waals surface area (Å²) in [6.45, 7) is 0.441. The molecule has 0 aliphatic heterocycles. The molecule has 1 heterocycles. The number of ether oxygens (including phenoxy) is 1. The largest absolute Gasteiger partial charge is 0.492 e. The molecule has 3 nitrogen and oxygen atoms in total. The van der Waals surface area contributed by atoms with E-state index in [0.29, 0.717) is 18.1 Å². The second-order valence-corrected chi connectivity index (χ2v) is 4.49. The van der Waals surface area contributed by atoms with Crippen molar-refractivity contribution in [2.45, 2.75) is 12.5 Å². The van der Waals surface area contributed by atoms with Crippen molar-refractivity contribution in [3.63, 3.8) is 0 Å². The molecule has 4 heteroatoms. The summed E-state index contributed by atoms with van der Waals surface area (Å²) in [5, 5.41) is 0.658. The minimum Gasteiger partial charge on any atom is -0.492 e. The number of rotatable bonds is 5. The van der Waals surface area contributed by atoms with Gasteiger partial charge in [-0.3, -0.25) is 4.98 Å². The van der Waals surface area contributed by atoms with Crippen molar-refractivity contribution in [2.75, 3.05) is 6.61 Å². The van der Waals surface area contributed by atoms with Crippen LogP contribution in [-0.4, -0.2) is 17.6 Å². The maximum absolute atomic E-state index is 5.99. The molecule has 0 radical (unpaired) electrons. The topological polar surface area (TPSA) is 48.1 Å². The van der Waals surface area contributed by atoms with Crippen LogP contribution in [-0.2, 0) is 6.42 Å². The molecule has 1 aromatic heterocycles. The van der Waals surface area contributed by atoms with E-state index >= 15 is 0 Å². The van der Waals surface area contributed by atoms with Gasteiger partial charge >= 0.3 is 0 Å². The zero-order valence-electron chi connectivity index (χ0n) is 9.92. The average molecular weight is 263 g/mol. The molecule has 0 saturated carbocycles. The SMILES string of the molecule is NC(COc1cccc(Cl)c1)Cc1ccccn1. The minimum atomic E-state index is -0.0844. The Kier molecular flexibility index (Phi) is 4.56. The molecule has 2 aromatic rings. The first-order valence-electron chi connectivity index (χ1n) is 5.78. The summed E-state index contributed by atoms with van der Waals surface area (Å²) >= 11 is 5.87. The highest BCUT2D eigenvalue weighted by Crippen LogP contribution is 2.17. The highest BCUT2D eigenvalue weighted by Gasteiger charge is 2.06. The summed E-state index contributed by atoms with van der Waals surface area (Å²) in [6, 6.07) is 13.0. The van der Waals surface area contributed by atoms with Crippen molar-refractivity contribution >= 4 is 11.6 Å². The predicted octanol–water partition coefficient (Wildman–Crippen LogP) is 2.68. The van der Waals surface area contributed by atoms with Crippen molar-refractivity contribution in [2.24, 2.45) is 5.73 Å². The number of halogens is 1. The van der Waals surface area contributed by atoms with E-state index in [0.717, 1.165) is 11.4 Å². The molecule has 0 bridgehead atoms. The predicted molar refractivity (Wildman–Crippen MR) is 72.9 cm³/mol. The highest BCUT2D eigenvalue weighted by atomic mass is 35.5. The van der Waals surface area contributed by atoms with Crippen molar-refractivity contribution < 1.29 is 4.74 Å². The van der Waals surface area contributed by atoms with Crippen LogP contribution in [0.2, 0.25) is 5.02 Å². The number of hydrogen-bond acceptors (Lipinski definition) is 3. The van der Waals surface area contributed by atoms with Gasteiger partial charge in [0, 0.05) is 29.4 Å². The van der Waals surface area contributed by atoms with Gasteiger partial charge in [-0.2, -0.15) is 0 Å². The summed E-state index contributed by atoms with van der Waals surface area (Å²) in [7, 11) is 0. The first kappa shape index (κ1) is 12.9. The lowest BCUT2D eigenvalue weighted by molar-refractivity contribution is 0.287. The molecule has 0 fully saturated rings. The van der Waals surface area contributed by atoms with Crippen molar-refractivity contribution in [1.82, 2.24) is 4.98 Å². The van der Waals surface area contributed by atoms with Gasteiger partial charge in [0.05, 0.1) is 0 Å². The van der Waals surface area contributed by atoms with Crippen LogP contribution in [0.4, 0.5) is 0 Å². The van der Waals surface area contributed by atoms with E-state index < -0.39 is 0 Å². The highest BCUT2D eigenvalue weighted by molar-refractivity contribution is 6.30. The molecule has 0 aliphatic rings. The maximum atomic E-state index is 5.99. The first-order valence-corrected chi connectivity index (χ1v) is 6.15. The van der Waals surface area contributed by atoms with Crippen molar-refractivity contribution in [3.8, 4) is 5.75 Å². The smallest absolute Gasteiger partial charge is 0.120 e. The van der Waals surface area contributed by atoms with E-state index in [1.165, 1.54) is 0 Å². The summed E-state index contributed by atoms with van der Waals surface area (Å²) in [6.07, 6.45) is 2.46. The van der Waals surface area contributed by atoms with E-state index in [9.17, 15) is 0 Å². The number of nitrogens with zero attached hydrogens (tertiary/aromatic N) is 1. The van der Waals surface area contributed by atoms with Crippen LogP contribution in [0.3, 0.4) is 0 Å². The normalized spacial score (nSPS) is 12.1. The third kappa shape index (κ3) is 4.02. The van der Waals surface area contributed by atoms with Crippen LogP contribution in [0.15, 0.2) is 48.7 Å². The number of nitrogens with two attached hydrogens (primary N) is 1.